The number of aryl methyl sites for hydroxylation is 1. The minimum Gasteiger partial charge on any atom is -0.310 e. The van der Waals surface area contributed by atoms with Crippen molar-refractivity contribution in [3.05, 3.63) is 11.8 Å². The molecular weight excluding hydrogens is 352 g/mol. The topological polar surface area (TPSA) is 84.3 Å². The number of hydrogen-bond acceptors (Lipinski definition) is 5. The average molecular weight is 385 g/mol. The average Bonchev–Trinajstić information content (AvgIpc) is 2.99. The fourth-order valence-corrected chi connectivity index (χ4v) is 5.17. The summed E-state index contributed by atoms with van der Waals surface area (Å²) in [5.41, 5.74) is 0.769. The molecule has 8 heteroatoms. The molecule has 1 saturated heterocycles. The van der Waals surface area contributed by atoms with Gasteiger partial charge in [-0.2, -0.15) is 5.10 Å². The Morgan fingerprint density at radius 2 is 1.92 bits per heavy atom. The van der Waals surface area contributed by atoms with Gasteiger partial charge in [-0.15, -0.1) is 0 Å². The third-order valence-electron chi connectivity index (χ3n) is 4.29. The van der Waals surface area contributed by atoms with Crippen molar-refractivity contribution >= 4 is 21.6 Å². The van der Waals surface area contributed by atoms with Crippen LogP contribution in [-0.4, -0.2) is 60.1 Å². The molecule has 2 heterocycles. The van der Waals surface area contributed by atoms with Gasteiger partial charge in [-0.25, -0.2) is 13.1 Å². The van der Waals surface area contributed by atoms with Crippen molar-refractivity contribution < 1.29 is 13.2 Å². The van der Waals surface area contributed by atoms with Crippen molar-refractivity contribution in [2.24, 2.45) is 11.8 Å². The number of hydrogen-bond donors (Lipinski definition) is 1. The Morgan fingerprint density at radius 3 is 2.42 bits per heavy atom. The molecule has 1 aromatic heterocycles. The molecular formula is C18H32N4O3S. The number of carbonyl (C=O) groups excluding carboxylic acids is 1. The van der Waals surface area contributed by atoms with E-state index in [1.807, 2.05) is 6.92 Å². The van der Waals surface area contributed by atoms with E-state index in [0.29, 0.717) is 30.6 Å². The second-order valence-corrected chi connectivity index (χ2v) is 10.4. The standard InChI is InChI=1S/C18H32N4O3S/c1-13(2)9-21(10-14(3)4)11-18(23)19-17-8-15(5)20-22(17)16-6-7-26(24,25)12-16/h8,13-14,16H,6-7,9-12H2,1-5H3,(H,19,23)/t16-/m1/s1. The number of nitrogens with zero attached hydrogens (tertiary/aromatic N) is 3. The van der Waals surface area contributed by atoms with Gasteiger partial charge in [-0.3, -0.25) is 9.69 Å². The largest absolute Gasteiger partial charge is 0.310 e. The van der Waals surface area contributed by atoms with Crippen LogP contribution in [0.15, 0.2) is 6.07 Å². The van der Waals surface area contributed by atoms with Crippen LogP contribution in [0.3, 0.4) is 0 Å². The molecule has 0 aliphatic carbocycles. The Hall–Kier alpha value is -1.41. The molecule has 26 heavy (non-hydrogen) atoms. The molecule has 1 fully saturated rings. The molecule has 0 aromatic carbocycles. The molecule has 7 nitrogen and oxygen atoms in total. The molecule has 1 amide bonds. The van der Waals surface area contributed by atoms with Gasteiger partial charge >= 0.3 is 0 Å². The molecule has 1 N–H and O–H groups in total. The molecule has 1 aromatic rings. The Morgan fingerprint density at radius 1 is 1.31 bits per heavy atom. The third kappa shape index (κ3) is 6.09. The van der Waals surface area contributed by atoms with Crippen molar-refractivity contribution in [2.45, 2.75) is 47.1 Å². The SMILES string of the molecule is Cc1cc(NC(=O)CN(CC(C)C)CC(C)C)n([C@@H]2CCS(=O)(=O)C2)n1. The molecule has 148 valence electrons. The number of anilines is 1. The quantitative estimate of drug-likeness (QED) is 0.742. The van der Waals surface area contributed by atoms with Gasteiger partial charge in [-0.05, 0) is 25.2 Å². The molecule has 2 rings (SSSR count). The van der Waals surface area contributed by atoms with Crippen LogP contribution in [0, 0.1) is 18.8 Å². The monoisotopic (exact) mass is 384 g/mol. The Balaban J connectivity index is 2.06. The zero-order chi connectivity index (χ0) is 19.5. The molecule has 1 aliphatic heterocycles. The smallest absolute Gasteiger partial charge is 0.239 e. The summed E-state index contributed by atoms with van der Waals surface area (Å²) in [6, 6.07) is 1.60. The number of amides is 1. The second kappa shape index (κ2) is 8.52. The highest BCUT2D eigenvalue weighted by molar-refractivity contribution is 7.91. The minimum atomic E-state index is -3.01. The number of carbonyl (C=O) groups is 1. The van der Waals surface area contributed by atoms with Crippen molar-refractivity contribution in [3.8, 4) is 0 Å². The zero-order valence-electron chi connectivity index (χ0n) is 16.5. The number of aromatic nitrogens is 2. The third-order valence-corrected chi connectivity index (χ3v) is 6.04. The maximum absolute atomic E-state index is 12.6. The lowest BCUT2D eigenvalue weighted by Gasteiger charge is -2.25. The lowest BCUT2D eigenvalue weighted by Crippen LogP contribution is -2.38. The van der Waals surface area contributed by atoms with Gasteiger partial charge < -0.3 is 5.32 Å². The maximum atomic E-state index is 12.6. The van der Waals surface area contributed by atoms with Gasteiger partial charge in [0.25, 0.3) is 0 Å². The van der Waals surface area contributed by atoms with E-state index < -0.39 is 9.84 Å². The fourth-order valence-electron chi connectivity index (χ4n) is 3.48. The van der Waals surface area contributed by atoms with Crippen molar-refractivity contribution in [2.75, 3.05) is 36.5 Å². The summed E-state index contributed by atoms with van der Waals surface area (Å²) in [7, 11) is -3.01. The van der Waals surface area contributed by atoms with Gasteiger partial charge in [0, 0.05) is 19.2 Å². The molecule has 1 atom stereocenters. The predicted octanol–water partition coefficient (Wildman–Crippen LogP) is 2.10. The number of nitrogens with one attached hydrogen (secondary N) is 1. The van der Waals surface area contributed by atoms with Crippen LogP contribution in [0.25, 0.3) is 0 Å². The Kier molecular flexibility index (Phi) is 6.85. The van der Waals surface area contributed by atoms with Gasteiger partial charge in [0.1, 0.15) is 5.82 Å². The Bertz CT molecular complexity index is 715. The zero-order valence-corrected chi connectivity index (χ0v) is 17.3. The van der Waals surface area contributed by atoms with Crippen LogP contribution in [0.2, 0.25) is 0 Å². The van der Waals surface area contributed by atoms with Crippen LogP contribution in [0.4, 0.5) is 5.82 Å². The van der Waals surface area contributed by atoms with Crippen LogP contribution in [0.1, 0.15) is 45.9 Å². The van der Waals surface area contributed by atoms with E-state index in [-0.39, 0.29) is 23.5 Å². The fraction of sp³-hybridized carbons (Fsp3) is 0.778. The summed E-state index contributed by atoms with van der Waals surface area (Å²) >= 11 is 0. The highest BCUT2D eigenvalue weighted by atomic mass is 32.2. The lowest BCUT2D eigenvalue weighted by atomic mass is 10.1. The van der Waals surface area contributed by atoms with Crippen molar-refractivity contribution in [1.29, 1.82) is 0 Å². The van der Waals surface area contributed by atoms with Crippen LogP contribution in [0.5, 0.6) is 0 Å². The highest BCUT2D eigenvalue weighted by Crippen LogP contribution is 2.27. The predicted molar refractivity (Wildman–Crippen MR) is 104 cm³/mol. The van der Waals surface area contributed by atoms with E-state index in [1.165, 1.54) is 0 Å². The first-order valence-corrected chi connectivity index (χ1v) is 11.2. The van der Waals surface area contributed by atoms with E-state index in [1.54, 1.807) is 10.7 Å². The van der Waals surface area contributed by atoms with Crippen LogP contribution < -0.4 is 5.32 Å². The number of sulfone groups is 1. The first-order valence-electron chi connectivity index (χ1n) is 9.34. The lowest BCUT2D eigenvalue weighted by molar-refractivity contribution is -0.117. The normalized spacial score (nSPS) is 19.6. The summed E-state index contributed by atoms with van der Waals surface area (Å²) in [6.07, 6.45) is 0.541. The van der Waals surface area contributed by atoms with E-state index in [2.05, 4.69) is 43.0 Å². The Labute approximate surface area is 157 Å². The summed E-state index contributed by atoms with van der Waals surface area (Å²) < 4.78 is 25.2. The van der Waals surface area contributed by atoms with Gasteiger partial charge in [-0.1, -0.05) is 27.7 Å². The molecule has 1 aliphatic rings. The number of rotatable bonds is 8. The van der Waals surface area contributed by atoms with E-state index in [0.717, 1.165) is 18.8 Å². The van der Waals surface area contributed by atoms with Crippen molar-refractivity contribution in [1.82, 2.24) is 14.7 Å². The highest BCUT2D eigenvalue weighted by Gasteiger charge is 2.31. The van der Waals surface area contributed by atoms with E-state index in [9.17, 15) is 13.2 Å². The summed E-state index contributed by atoms with van der Waals surface area (Å²) in [5.74, 6) is 1.73. The first kappa shape index (κ1) is 20.9. The molecule has 0 unspecified atom stereocenters. The van der Waals surface area contributed by atoms with Gasteiger partial charge in [0.2, 0.25) is 5.91 Å². The second-order valence-electron chi connectivity index (χ2n) is 8.20. The minimum absolute atomic E-state index is 0.0871. The van der Waals surface area contributed by atoms with E-state index in [4.69, 9.17) is 0 Å². The van der Waals surface area contributed by atoms with Crippen LogP contribution >= 0.6 is 0 Å². The molecule has 0 radical (unpaired) electrons. The molecule has 0 saturated carbocycles. The summed E-state index contributed by atoms with van der Waals surface area (Å²) in [6.45, 7) is 12.5. The van der Waals surface area contributed by atoms with E-state index >= 15 is 0 Å². The van der Waals surface area contributed by atoms with Crippen LogP contribution in [-0.2, 0) is 14.6 Å². The van der Waals surface area contributed by atoms with Crippen molar-refractivity contribution in [3.63, 3.8) is 0 Å². The van der Waals surface area contributed by atoms with Gasteiger partial charge in [0.05, 0.1) is 29.8 Å². The first-order chi connectivity index (χ1) is 12.1. The summed E-state index contributed by atoms with van der Waals surface area (Å²) in [5, 5.41) is 7.35. The van der Waals surface area contributed by atoms with Gasteiger partial charge in [0.15, 0.2) is 9.84 Å². The maximum Gasteiger partial charge on any atom is 0.239 e. The molecule has 0 bridgehead atoms. The molecule has 0 spiro atoms. The summed E-state index contributed by atoms with van der Waals surface area (Å²) in [4.78, 5) is 14.7.